The number of ether oxygens (including phenoxy) is 2. The zero-order valence-electron chi connectivity index (χ0n) is 17.6. The Morgan fingerprint density at radius 3 is 2.62 bits per heavy atom. The van der Waals surface area contributed by atoms with Crippen LogP contribution in [-0.2, 0) is 0 Å². The molecule has 0 bridgehead atoms. The van der Waals surface area contributed by atoms with Gasteiger partial charge in [-0.1, -0.05) is 23.7 Å². The lowest BCUT2D eigenvalue weighted by atomic mass is 10.1. The minimum absolute atomic E-state index is 0.0125. The molecule has 0 saturated heterocycles. The molecule has 9 heteroatoms. The van der Waals surface area contributed by atoms with E-state index in [-0.39, 0.29) is 10.9 Å². The number of aryl methyl sites for hydroxylation is 1. The summed E-state index contributed by atoms with van der Waals surface area (Å²) in [6.45, 7) is 3.62. The molecule has 0 aliphatic rings. The van der Waals surface area contributed by atoms with Crippen LogP contribution in [0.3, 0.4) is 0 Å². The van der Waals surface area contributed by atoms with Crippen molar-refractivity contribution in [1.29, 1.82) is 0 Å². The summed E-state index contributed by atoms with van der Waals surface area (Å²) in [5, 5.41) is 4.17. The van der Waals surface area contributed by atoms with Gasteiger partial charge in [-0.15, -0.1) is 0 Å². The van der Waals surface area contributed by atoms with Crippen LogP contribution in [0.25, 0.3) is 5.69 Å². The molecular formula is C23H20ClFN4O3. The summed E-state index contributed by atoms with van der Waals surface area (Å²) < 4.78 is 28.0. The predicted octanol–water partition coefficient (Wildman–Crippen LogP) is 4.94. The Kier molecular flexibility index (Phi) is 5.96. The average molecular weight is 455 g/mol. The molecule has 0 saturated carbocycles. The summed E-state index contributed by atoms with van der Waals surface area (Å²) in [7, 11) is 1.54. The van der Waals surface area contributed by atoms with E-state index < -0.39 is 17.4 Å². The Bertz CT molecular complexity index is 1340. The molecule has 32 heavy (non-hydrogen) atoms. The maximum atomic E-state index is 13.6. The summed E-state index contributed by atoms with van der Waals surface area (Å²) in [4.78, 5) is 17.3. The summed E-state index contributed by atoms with van der Waals surface area (Å²) in [5.41, 5.74) is 1.71. The van der Waals surface area contributed by atoms with Crippen molar-refractivity contribution in [3.05, 3.63) is 93.6 Å². The largest absolute Gasteiger partial charge is 0.494 e. The van der Waals surface area contributed by atoms with Gasteiger partial charge in [0.2, 0.25) is 0 Å². The molecule has 0 spiro atoms. The minimum Gasteiger partial charge on any atom is -0.494 e. The van der Waals surface area contributed by atoms with E-state index in [9.17, 15) is 9.18 Å². The second kappa shape index (κ2) is 8.84. The first-order valence-corrected chi connectivity index (χ1v) is 10.1. The smallest absolute Gasteiger partial charge is 0.310 e. The maximum absolute atomic E-state index is 13.6. The number of rotatable bonds is 6. The molecule has 2 aromatic heterocycles. The van der Waals surface area contributed by atoms with Gasteiger partial charge in [-0.3, -0.25) is 4.79 Å². The molecule has 4 aromatic rings. The van der Waals surface area contributed by atoms with Crippen LogP contribution >= 0.6 is 11.6 Å². The van der Waals surface area contributed by atoms with Crippen molar-refractivity contribution in [2.24, 2.45) is 0 Å². The SMILES string of the molecule is COc1cc(Oc2cc(Cl)nn([C@@H](C)c3cccc(F)c3)c2=O)ccc1-n1cnc(C)c1. The number of halogens is 2. The molecule has 0 radical (unpaired) electrons. The van der Waals surface area contributed by atoms with Gasteiger partial charge in [0.1, 0.15) is 17.3 Å². The van der Waals surface area contributed by atoms with Gasteiger partial charge in [0.25, 0.3) is 0 Å². The Morgan fingerprint density at radius 1 is 1.12 bits per heavy atom. The van der Waals surface area contributed by atoms with Crippen LogP contribution in [0.5, 0.6) is 17.2 Å². The van der Waals surface area contributed by atoms with Crippen LogP contribution in [-0.4, -0.2) is 26.4 Å². The molecule has 4 rings (SSSR count). The summed E-state index contributed by atoms with van der Waals surface area (Å²) in [6.07, 6.45) is 3.55. The molecule has 164 valence electrons. The second-order valence-electron chi connectivity index (χ2n) is 7.17. The van der Waals surface area contributed by atoms with E-state index in [2.05, 4.69) is 10.1 Å². The van der Waals surface area contributed by atoms with Crippen LogP contribution < -0.4 is 15.0 Å². The molecule has 2 heterocycles. The third-order valence-corrected chi connectivity index (χ3v) is 5.12. The molecule has 1 atom stereocenters. The van der Waals surface area contributed by atoms with Crippen LogP contribution in [0.15, 0.2) is 65.8 Å². The highest BCUT2D eigenvalue weighted by Gasteiger charge is 2.17. The van der Waals surface area contributed by atoms with Gasteiger partial charge in [0, 0.05) is 18.3 Å². The first kappa shape index (κ1) is 21.6. The molecule has 0 aliphatic heterocycles. The van der Waals surface area contributed by atoms with Crippen molar-refractivity contribution in [3.8, 4) is 22.9 Å². The van der Waals surface area contributed by atoms with E-state index >= 15 is 0 Å². The lowest BCUT2D eigenvalue weighted by Gasteiger charge is -2.16. The fraction of sp³-hybridized carbons (Fsp3) is 0.174. The topological polar surface area (TPSA) is 71.2 Å². The van der Waals surface area contributed by atoms with Crippen LogP contribution in [0.1, 0.15) is 24.2 Å². The monoisotopic (exact) mass is 454 g/mol. The van der Waals surface area contributed by atoms with Gasteiger partial charge in [-0.05, 0) is 43.7 Å². The second-order valence-corrected chi connectivity index (χ2v) is 7.56. The Morgan fingerprint density at radius 2 is 1.94 bits per heavy atom. The van der Waals surface area contributed by atoms with E-state index in [1.807, 2.05) is 17.7 Å². The summed E-state index contributed by atoms with van der Waals surface area (Å²) in [6, 6.07) is 11.9. The maximum Gasteiger partial charge on any atom is 0.310 e. The zero-order valence-corrected chi connectivity index (χ0v) is 18.4. The van der Waals surface area contributed by atoms with E-state index in [0.717, 1.165) is 11.4 Å². The van der Waals surface area contributed by atoms with Gasteiger partial charge in [-0.2, -0.15) is 5.10 Å². The highest BCUT2D eigenvalue weighted by atomic mass is 35.5. The lowest BCUT2D eigenvalue weighted by molar-refractivity contribution is 0.404. The molecule has 0 aliphatic carbocycles. The number of aromatic nitrogens is 4. The number of methoxy groups -OCH3 is 1. The summed E-state index contributed by atoms with van der Waals surface area (Å²) >= 11 is 6.16. The molecule has 0 N–H and O–H groups in total. The van der Waals surface area contributed by atoms with Gasteiger partial charge < -0.3 is 14.0 Å². The normalized spacial score (nSPS) is 11.9. The van der Waals surface area contributed by atoms with Crippen molar-refractivity contribution in [2.45, 2.75) is 19.9 Å². The quantitative estimate of drug-likeness (QED) is 0.412. The van der Waals surface area contributed by atoms with Crippen molar-refractivity contribution >= 4 is 11.6 Å². The fourth-order valence-electron chi connectivity index (χ4n) is 3.32. The van der Waals surface area contributed by atoms with Gasteiger partial charge in [0.15, 0.2) is 10.9 Å². The highest BCUT2D eigenvalue weighted by Crippen LogP contribution is 2.30. The van der Waals surface area contributed by atoms with E-state index in [0.29, 0.717) is 17.1 Å². The summed E-state index contributed by atoms with van der Waals surface area (Å²) in [5.74, 6) is 0.503. The van der Waals surface area contributed by atoms with Crippen molar-refractivity contribution in [2.75, 3.05) is 7.11 Å². The van der Waals surface area contributed by atoms with Crippen LogP contribution in [0.4, 0.5) is 4.39 Å². The molecule has 0 fully saturated rings. The molecular weight excluding hydrogens is 435 g/mol. The van der Waals surface area contributed by atoms with Gasteiger partial charge in [0.05, 0.1) is 30.9 Å². The minimum atomic E-state index is -0.555. The van der Waals surface area contributed by atoms with Crippen LogP contribution in [0, 0.1) is 12.7 Å². The number of nitrogens with zero attached hydrogens (tertiary/aromatic N) is 4. The lowest BCUT2D eigenvalue weighted by Crippen LogP contribution is -2.27. The number of hydrogen-bond donors (Lipinski definition) is 0. The Balaban J connectivity index is 1.68. The third kappa shape index (κ3) is 4.36. The molecule has 2 aromatic carbocycles. The molecule has 0 unspecified atom stereocenters. The third-order valence-electron chi connectivity index (χ3n) is 4.94. The number of benzene rings is 2. The van der Waals surface area contributed by atoms with Crippen molar-refractivity contribution < 1.29 is 13.9 Å². The predicted molar refractivity (Wildman–Crippen MR) is 119 cm³/mol. The van der Waals surface area contributed by atoms with E-state index in [1.165, 1.54) is 22.9 Å². The number of imidazole rings is 1. The fourth-order valence-corrected chi connectivity index (χ4v) is 3.50. The standard InChI is InChI=1S/C23H20ClFN4O3/c1-14-12-28(13-26-14)19-8-7-18(10-20(19)31-3)32-21-11-22(24)27-29(23(21)30)15(2)16-5-4-6-17(25)9-16/h4-13,15H,1-3H3/t15-/m0/s1. The average Bonchev–Trinajstić information content (AvgIpc) is 3.21. The zero-order chi connectivity index (χ0) is 22.8. The molecule has 7 nitrogen and oxygen atoms in total. The first-order chi connectivity index (χ1) is 15.4. The van der Waals surface area contributed by atoms with Crippen LogP contribution in [0.2, 0.25) is 5.15 Å². The highest BCUT2D eigenvalue weighted by molar-refractivity contribution is 6.29. The van der Waals surface area contributed by atoms with Crippen molar-refractivity contribution in [1.82, 2.24) is 19.3 Å². The Hall–Kier alpha value is -3.65. The Labute approximate surface area is 188 Å². The van der Waals surface area contributed by atoms with Gasteiger partial charge in [-0.25, -0.2) is 14.1 Å². The molecule has 0 amide bonds. The van der Waals surface area contributed by atoms with E-state index in [4.69, 9.17) is 21.1 Å². The van der Waals surface area contributed by atoms with E-state index in [1.54, 1.807) is 50.7 Å². The van der Waals surface area contributed by atoms with Crippen molar-refractivity contribution in [3.63, 3.8) is 0 Å². The van der Waals surface area contributed by atoms with Gasteiger partial charge >= 0.3 is 5.56 Å². The number of hydrogen-bond acceptors (Lipinski definition) is 5. The first-order valence-electron chi connectivity index (χ1n) is 9.77.